The predicted molar refractivity (Wildman–Crippen MR) is 108 cm³/mol. The van der Waals surface area contributed by atoms with Gasteiger partial charge in [-0.25, -0.2) is 12.7 Å². The van der Waals surface area contributed by atoms with E-state index < -0.39 is 33.6 Å². The van der Waals surface area contributed by atoms with Crippen LogP contribution in [-0.2, 0) is 21.0 Å². The number of rotatable bonds is 6. The average molecular weight is 459 g/mol. The van der Waals surface area contributed by atoms with Crippen LogP contribution in [0.15, 0.2) is 41.3 Å². The molecule has 8 nitrogen and oxygen atoms in total. The van der Waals surface area contributed by atoms with Crippen LogP contribution < -0.4 is 15.4 Å². The van der Waals surface area contributed by atoms with E-state index in [1.54, 1.807) is 0 Å². The number of amides is 2. The van der Waals surface area contributed by atoms with Crippen molar-refractivity contribution in [2.45, 2.75) is 18.0 Å². The highest BCUT2D eigenvalue weighted by Gasteiger charge is 2.31. The Hall–Kier alpha value is -3.12. The highest BCUT2D eigenvalue weighted by atomic mass is 32.2. The van der Waals surface area contributed by atoms with Gasteiger partial charge in [-0.05, 0) is 36.4 Å². The number of benzene rings is 2. The summed E-state index contributed by atoms with van der Waals surface area (Å²) in [6, 6.07) is 6.01. The Morgan fingerprint density at radius 1 is 1.00 bits per heavy atom. The van der Waals surface area contributed by atoms with Gasteiger partial charge in [0.15, 0.2) is 0 Å². The molecule has 0 spiro atoms. The summed E-state index contributed by atoms with van der Waals surface area (Å²) in [5, 5.41) is 4.62. The normalized spacial score (nSPS) is 11.9. The number of anilines is 2. The molecule has 12 heteroatoms. The fraction of sp³-hybridized carbons (Fsp3) is 0.263. The lowest BCUT2D eigenvalue weighted by Crippen LogP contribution is -2.23. The number of sulfonamides is 1. The van der Waals surface area contributed by atoms with Crippen LogP contribution in [0.25, 0.3) is 0 Å². The van der Waals surface area contributed by atoms with Gasteiger partial charge in [-0.3, -0.25) is 9.59 Å². The van der Waals surface area contributed by atoms with E-state index in [2.05, 4.69) is 10.6 Å². The third-order valence-electron chi connectivity index (χ3n) is 4.09. The lowest BCUT2D eigenvalue weighted by molar-refractivity contribution is -0.137. The molecule has 0 saturated heterocycles. The molecule has 168 valence electrons. The van der Waals surface area contributed by atoms with E-state index in [0.29, 0.717) is 6.07 Å². The highest BCUT2D eigenvalue weighted by molar-refractivity contribution is 7.89. The van der Waals surface area contributed by atoms with Crippen LogP contribution in [0.3, 0.4) is 0 Å². The second-order valence-electron chi connectivity index (χ2n) is 6.55. The summed E-state index contributed by atoms with van der Waals surface area (Å²) in [6.07, 6.45) is -4.68. The number of ether oxygens (including phenoxy) is 1. The fourth-order valence-corrected chi connectivity index (χ4v) is 3.61. The van der Waals surface area contributed by atoms with Crippen molar-refractivity contribution in [1.29, 1.82) is 0 Å². The van der Waals surface area contributed by atoms with Gasteiger partial charge >= 0.3 is 6.18 Å². The number of halogens is 3. The van der Waals surface area contributed by atoms with Crippen LogP contribution >= 0.6 is 0 Å². The summed E-state index contributed by atoms with van der Waals surface area (Å²) in [5.41, 5.74) is -1.54. The van der Waals surface area contributed by atoms with Crippen molar-refractivity contribution in [2.75, 3.05) is 31.8 Å². The molecule has 0 fully saturated rings. The molecule has 0 unspecified atom stereocenters. The summed E-state index contributed by atoms with van der Waals surface area (Å²) >= 11 is 0. The van der Waals surface area contributed by atoms with Gasteiger partial charge in [0.2, 0.25) is 15.9 Å². The molecule has 0 aliphatic carbocycles. The molecule has 0 radical (unpaired) electrons. The maximum absolute atomic E-state index is 13.1. The maximum Gasteiger partial charge on any atom is 0.416 e. The Labute approximate surface area is 177 Å². The molecule has 0 bridgehead atoms. The number of carbonyl (C=O) groups excluding carboxylic acids is 2. The van der Waals surface area contributed by atoms with Crippen LogP contribution in [0.4, 0.5) is 24.5 Å². The van der Waals surface area contributed by atoms with Crippen LogP contribution in [0, 0.1) is 0 Å². The Bertz CT molecular complexity index is 1120. The maximum atomic E-state index is 13.1. The first kappa shape index (κ1) is 24.2. The molecule has 31 heavy (non-hydrogen) atoms. The number of methoxy groups -OCH3 is 1. The van der Waals surface area contributed by atoms with Gasteiger partial charge < -0.3 is 15.4 Å². The third kappa shape index (κ3) is 5.52. The molecular formula is C19H20F3N3O5S. The van der Waals surface area contributed by atoms with Gasteiger partial charge in [0.25, 0.3) is 5.91 Å². The second-order valence-corrected chi connectivity index (χ2v) is 8.67. The summed E-state index contributed by atoms with van der Waals surface area (Å²) in [7, 11) is -0.129. The van der Waals surface area contributed by atoms with Crippen LogP contribution in [0.5, 0.6) is 5.75 Å². The number of nitrogens with one attached hydrogen (secondary N) is 2. The minimum Gasteiger partial charge on any atom is -0.495 e. The first-order chi connectivity index (χ1) is 14.3. The molecule has 0 aliphatic rings. The zero-order chi connectivity index (χ0) is 23.6. The molecule has 2 amide bonds. The Balaban J connectivity index is 2.51. The summed E-state index contributed by atoms with van der Waals surface area (Å²) in [6.45, 7) is 1.16. The molecule has 0 atom stereocenters. The quantitative estimate of drug-likeness (QED) is 0.691. The fourth-order valence-electron chi connectivity index (χ4n) is 2.53. The van der Waals surface area contributed by atoms with Gasteiger partial charge in [0.05, 0.1) is 24.0 Å². The summed E-state index contributed by atoms with van der Waals surface area (Å²) < 4.78 is 70.2. The van der Waals surface area contributed by atoms with Gasteiger partial charge in [0, 0.05) is 26.6 Å². The van der Waals surface area contributed by atoms with Crippen molar-refractivity contribution in [3.63, 3.8) is 0 Å². The third-order valence-corrected chi connectivity index (χ3v) is 5.93. The van der Waals surface area contributed by atoms with Gasteiger partial charge in [0.1, 0.15) is 10.6 Å². The largest absolute Gasteiger partial charge is 0.495 e. The number of nitrogens with zero attached hydrogens (tertiary/aromatic N) is 1. The number of alkyl halides is 3. The van der Waals surface area contributed by atoms with E-state index in [9.17, 15) is 31.2 Å². The Kier molecular flexibility index (Phi) is 6.96. The first-order valence-electron chi connectivity index (χ1n) is 8.68. The Morgan fingerprint density at radius 2 is 1.65 bits per heavy atom. The minimum atomic E-state index is -4.68. The summed E-state index contributed by atoms with van der Waals surface area (Å²) in [4.78, 5) is 23.8. The van der Waals surface area contributed by atoms with Crippen LogP contribution in [0.2, 0.25) is 0 Å². The number of carbonyl (C=O) groups is 2. The van der Waals surface area contributed by atoms with Crippen LogP contribution in [0.1, 0.15) is 22.8 Å². The first-order valence-corrected chi connectivity index (χ1v) is 10.1. The lowest BCUT2D eigenvalue weighted by atomic mass is 10.1. The zero-order valence-electron chi connectivity index (χ0n) is 17.0. The van der Waals surface area contributed by atoms with Crippen molar-refractivity contribution in [2.24, 2.45) is 0 Å². The molecule has 0 aromatic heterocycles. The molecule has 2 aromatic carbocycles. The predicted octanol–water partition coefficient (Wildman–Crippen LogP) is 3.18. The van der Waals surface area contributed by atoms with E-state index in [1.165, 1.54) is 33.3 Å². The molecule has 2 aromatic rings. The van der Waals surface area contributed by atoms with E-state index in [0.717, 1.165) is 29.4 Å². The van der Waals surface area contributed by atoms with Gasteiger partial charge in [-0.15, -0.1) is 0 Å². The molecule has 2 N–H and O–H groups in total. The van der Waals surface area contributed by atoms with Crippen molar-refractivity contribution < 1.29 is 35.9 Å². The smallest absolute Gasteiger partial charge is 0.416 e. The summed E-state index contributed by atoms with van der Waals surface area (Å²) in [5.74, 6) is -1.45. The SMILES string of the molecule is COc1ccc(C(=O)Nc2cc(C(F)(F)F)ccc2NC(C)=O)cc1S(=O)(=O)N(C)C. The standard InChI is InChI=1S/C19H20F3N3O5S/c1-11(26)23-14-7-6-13(19(20,21)22)10-15(14)24-18(27)12-5-8-16(30-4)17(9-12)31(28,29)25(2)3/h5-10H,1-4H3,(H,23,26)(H,24,27). The zero-order valence-corrected chi connectivity index (χ0v) is 17.8. The second kappa shape index (κ2) is 8.94. The average Bonchev–Trinajstić information content (AvgIpc) is 2.67. The lowest BCUT2D eigenvalue weighted by Gasteiger charge is -2.17. The van der Waals surface area contributed by atoms with E-state index in [-0.39, 0.29) is 27.6 Å². The molecular weight excluding hydrogens is 439 g/mol. The van der Waals surface area contributed by atoms with Gasteiger partial charge in [-0.2, -0.15) is 13.2 Å². The Morgan fingerprint density at radius 3 is 2.16 bits per heavy atom. The van der Waals surface area contributed by atoms with Crippen molar-refractivity contribution in [1.82, 2.24) is 4.31 Å². The molecule has 0 aliphatic heterocycles. The number of hydrogen-bond donors (Lipinski definition) is 2. The van der Waals surface area contributed by atoms with Crippen molar-refractivity contribution >= 4 is 33.2 Å². The van der Waals surface area contributed by atoms with Crippen molar-refractivity contribution in [3.05, 3.63) is 47.5 Å². The van der Waals surface area contributed by atoms with Crippen molar-refractivity contribution in [3.8, 4) is 5.75 Å². The molecule has 0 heterocycles. The molecule has 0 saturated carbocycles. The number of hydrogen-bond acceptors (Lipinski definition) is 5. The molecule has 2 rings (SSSR count). The topological polar surface area (TPSA) is 105 Å². The van der Waals surface area contributed by atoms with Crippen LogP contribution in [-0.4, -0.2) is 45.7 Å². The van der Waals surface area contributed by atoms with Gasteiger partial charge in [-0.1, -0.05) is 0 Å². The minimum absolute atomic E-state index is 0.0109. The monoisotopic (exact) mass is 459 g/mol. The van der Waals surface area contributed by atoms with E-state index >= 15 is 0 Å². The van der Waals surface area contributed by atoms with E-state index in [4.69, 9.17) is 4.74 Å². The van der Waals surface area contributed by atoms with E-state index in [1.807, 2.05) is 0 Å². The highest BCUT2D eigenvalue weighted by Crippen LogP contribution is 2.34.